The van der Waals surface area contributed by atoms with Gasteiger partial charge in [-0.05, 0) is 0 Å². The maximum absolute atomic E-state index is 11.2. The predicted molar refractivity (Wildman–Crippen MR) is 59.9 cm³/mol. The molecule has 7 heteroatoms. The lowest BCUT2D eigenvalue weighted by Crippen LogP contribution is -2.01. The molecule has 0 amide bonds. The number of rotatable bonds is 3. The van der Waals surface area contributed by atoms with Crippen molar-refractivity contribution in [3.8, 4) is 0 Å². The number of hydrogen-bond acceptors (Lipinski definition) is 6. The third-order valence-electron chi connectivity index (χ3n) is 1.85. The summed E-state index contributed by atoms with van der Waals surface area (Å²) in [6, 6.07) is 0. The number of aromatic nitrogens is 3. The molecule has 6 nitrogen and oxygen atoms in total. The van der Waals surface area contributed by atoms with Crippen LogP contribution in [0.25, 0.3) is 0 Å². The second-order valence-corrected chi connectivity index (χ2v) is 3.92. The van der Waals surface area contributed by atoms with Crippen LogP contribution in [0, 0.1) is 0 Å². The monoisotopic (exact) mass is 238 g/mol. The number of hydrogen-bond donors (Lipinski definition) is 1. The third kappa shape index (κ3) is 2.19. The van der Waals surface area contributed by atoms with Crippen LogP contribution < -0.4 is 5.32 Å². The number of methoxy groups -OCH3 is 1. The fourth-order valence-corrected chi connectivity index (χ4v) is 1.84. The van der Waals surface area contributed by atoms with Gasteiger partial charge in [-0.25, -0.2) is 9.78 Å². The summed E-state index contributed by atoms with van der Waals surface area (Å²) in [5.74, 6) is -0.435. The smallest absolute Gasteiger partial charge is 0.357 e. The van der Waals surface area contributed by atoms with Crippen molar-refractivity contribution in [3.63, 3.8) is 0 Å². The van der Waals surface area contributed by atoms with Gasteiger partial charge in [0, 0.05) is 18.6 Å². The zero-order valence-corrected chi connectivity index (χ0v) is 9.61. The summed E-state index contributed by atoms with van der Waals surface area (Å²) in [5.41, 5.74) is 1.13. The lowest BCUT2D eigenvalue weighted by molar-refractivity contribution is 0.0595. The first kappa shape index (κ1) is 10.6. The van der Waals surface area contributed by atoms with Crippen molar-refractivity contribution in [1.29, 1.82) is 0 Å². The highest BCUT2D eigenvalue weighted by Crippen LogP contribution is 2.20. The van der Waals surface area contributed by atoms with Crippen LogP contribution >= 0.6 is 11.3 Å². The Hall–Kier alpha value is -1.89. The van der Waals surface area contributed by atoms with E-state index in [9.17, 15) is 4.79 Å². The molecule has 84 valence electrons. The Bertz CT molecular complexity index is 505. The number of aryl methyl sites for hydroxylation is 1. The van der Waals surface area contributed by atoms with Gasteiger partial charge in [0.25, 0.3) is 0 Å². The van der Waals surface area contributed by atoms with Crippen molar-refractivity contribution >= 4 is 28.1 Å². The average Bonchev–Trinajstić information content (AvgIpc) is 2.87. The zero-order chi connectivity index (χ0) is 11.5. The van der Waals surface area contributed by atoms with Crippen LogP contribution in [-0.4, -0.2) is 27.8 Å². The molecule has 0 atom stereocenters. The first-order valence-electron chi connectivity index (χ1n) is 4.48. The van der Waals surface area contributed by atoms with Crippen molar-refractivity contribution in [2.75, 3.05) is 12.4 Å². The van der Waals surface area contributed by atoms with Gasteiger partial charge in [0.05, 0.1) is 19.0 Å². The molecule has 2 heterocycles. The van der Waals surface area contributed by atoms with Crippen LogP contribution in [0.2, 0.25) is 0 Å². The quantitative estimate of drug-likeness (QED) is 0.819. The highest BCUT2D eigenvalue weighted by molar-refractivity contribution is 7.14. The molecule has 0 saturated heterocycles. The minimum atomic E-state index is -0.435. The SMILES string of the molecule is COC(=O)c1csc(Nc2cnn(C)c2)n1. The molecule has 0 aromatic carbocycles. The molecule has 0 aliphatic rings. The third-order valence-corrected chi connectivity index (χ3v) is 2.61. The molecule has 0 spiro atoms. The highest BCUT2D eigenvalue weighted by atomic mass is 32.1. The molecule has 0 bridgehead atoms. The molecule has 0 saturated carbocycles. The molecule has 1 N–H and O–H groups in total. The first-order valence-corrected chi connectivity index (χ1v) is 5.36. The molecule has 2 aromatic rings. The molecule has 0 radical (unpaired) electrons. The van der Waals surface area contributed by atoms with Crippen molar-refractivity contribution in [1.82, 2.24) is 14.8 Å². The van der Waals surface area contributed by atoms with Crippen molar-refractivity contribution in [3.05, 3.63) is 23.5 Å². The number of thiazole rings is 1. The second kappa shape index (κ2) is 4.31. The Kier molecular flexibility index (Phi) is 2.86. The van der Waals surface area contributed by atoms with Crippen LogP contribution in [0.4, 0.5) is 10.8 Å². The normalized spacial score (nSPS) is 10.1. The molecule has 0 aliphatic heterocycles. The summed E-state index contributed by atoms with van der Waals surface area (Å²) < 4.78 is 6.24. The Balaban J connectivity index is 2.11. The Labute approximate surface area is 95.9 Å². The van der Waals surface area contributed by atoms with Crippen LogP contribution in [0.3, 0.4) is 0 Å². The minimum absolute atomic E-state index is 0.305. The van der Waals surface area contributed by atoms with Gasteiger partial charge in [-0.15, -0.1) is 11.3 Å². The van der Waals surface area contributed by atoms with E-state index < -0.39 is 5.97 Å². The second-order valence-electron chi connectivity index (χ2n) is 3.06. The summed E-state index contributed by atoms with van der Waals surface area (Å²) in [6.45, 7) is 0. The average molecular weight is 238 g/mol. The summed E-state index contributed by atoms with van der Waals surface area (Å²) in [4.78, 5) is 15.2. The summed E-state index contributed by atoms with van der Waals surface area (Å²) in [6.07, 6.45) is 3.50. The van der Waals surface area contributed by atoms with E-state index in [0.29, 0.717) is 10.8 Å². The lowest BCUT2D eigenvalue weighted by Gasteiger charge is -1.96. The number of esters is 1. The van der Waals surface area contributed by atoms with Crippen LogP contribution in [-0.2, 0) is 11.8 Å². The van der Waals surface area contributed by atoms with Gasteiger partial charge < -0.3 is 10.1 Å². The molecular formula is C9H10N4O2S. The highest BCUT2D eigenvalue weighted by Gasteiger charge is 2.10. The van der Waals surface area contributed by atoms with E-state index in [1.807, 2.05) is 13.2 Å². The molecule has 0 fully saturated rings. The Morgan fingerprint density at radius 2 is 2.44 bits per heavy atom. The predicted octanol–water partition coefficient (Wildman–Crippen LogP) is 1.41. The maximum atomic E-state index is 11.2. The van der Waals surface area contributed by atoms with Crippen LogP contribution in [0.5, 0.6) is 0 Å². The van der Waals surface area contributed by atoms with Gasteiger partial charge in [0.15, 0.2) is 10.8 Å². The molecular weight excluding hydrogens is 228 g/mol. The zero-order valence-electron chi connectivity index (χ0n) is 8.80. The van der Waals surface area contributed by atoms with E-state index >= 15 is 0 Å². The van der Waals surface area contributed by atoms with Gasteiger partial charge >= 0.3 is 5.97 Å². The summed E-state index contributed by atoms with van der Waals surface area (Å²) in [5, 5.41) is 9.33. The van der Waals surface area contributed by atoms with Gasteiger partial charge in [-0.3, -0.25) is 4.68 Å². The van der Waals surface area contributed by atoms with E-state index in [2.05, 4.69) is 20.1 Å². The van der Waals surface area contributed by atoms with E-state index in [-0.39, 0.29) is 0 Å². The van der Waals surface area contributed by atoms with Crippen LogP contribution in [0.15, 0.2) is 17.8 Å². The largest absolute Gasteiger partial charge is 0.464 e. The first-order chi connectivity index (χ1) is 7.69. The fraction of sp³-hybridized carbons (Fsp3) is 0.222. The Morgan fingerprint density at radius 3 is 3.06 bits per heavy atom. The molecule has 2 rings (SSSR count). The number of ether oxygens (including phenoxy) is 1. The van der Waals surface area contributed by atoms with Gasteiger partial charge in [-0.2, -0.15) is 5.10 Å². The number of carbonyl (C=O) groups is 1. The lowest BCUT2D eigenvalue weighted by atomic mass is 10.5. The molecule has 0 unspecified atom stereocenters. The number of anilines is 2. The summed E-state index contributed by atoms with van der Waals surface area (Å²) in [7, 11) is 3.16. The van der Waals surface area contributed by atoms with Crippen molar-refractivity contribution in [2.45, 2.75) is 0 Å². The van der Waals surface area contributed by atoms with E-state index in [4.69, 9.17) is 0 Å². The van der Waals surface area contributed by atoms with E-state index in [1.165, 1.54) is 18.4 Å². The maximum Gasteiger partial charge on any atom is 0.357 e. The Morgan fingerprint density at radius 1 is 1.62 bits per heavy atom. The standard InChI is InChI=1S/C9H10N4O2S/c1-13-4-6(3-10-13)11-9-12-7(5-16-9)8(14)15-2/h3-5H,1-2H3,(H,11,12). The van der Waals surface area contributed by atoms with Crippen molar-refractivity contribution in [2.24, 2.45) is 7.05 Å². The topological polar surface area (TPSA) is 69.0 Å². The number of nitrogens with zero attached hydrogens (tertiary/aromatic N) is 3. The van der Waals surface area contributed by atoms with Gasteiger partial charge in [0.1, 0.15) is 0 Å². The fourth-order valence-electron chi connectivity index (χ4n) is 1.14. The van der Waals surface area contributed by atoms with E-state index in [1.54, 1.807) is 16.3 Å². The number of nitrogens with one attached hydrogen (secondary N) is 1. The van der Waals surface area contributed by atoms with Crippen molar-refractivity contribution < 1.29 is 9.53 Å². The molecule has 2 aromatic heterocycles. The molecule has 16 heavy (non-hydrogen) atoms. The van der Waals surface area contributed by atoms with Gasteiger partial charge in [-0.1, -0.05) is 0 Å². The van der Waals surface area contributed by atoms with Crippen LogP contribution in [0.1, 0.15) is 10.5 Å². The van der Waals surface area contributed by atoms with E-state index in [0.717, 1.165) is 5.69 Å². The summed E-state index contributed by atoms with van der Waals surface area (Å²) >= 11 is 1.34. The minimum Gasteiger partial charge on any atom is -0.464 e. The van der Waals surface area contributed by atoms with Gasteiger partial charge in [0.2, 0.25) is 0 Å². The number of carbonyl (C=O) groups excluding carboxylic acids is 1. The molecule has 0 aliphatic carbocycles.